The molecular weight excluding hydrogens is 360 g/mol. The van der Waals surface area contributed by atoms with Gasteiger partial charge in [0.2, 0.25) is 5.91 Å². The number of rotatable bonds is 6. The zero-order valence-electron chi connectivity index (χ0n) is 16.7. The van der Waals surface area contributed by atoms with Crippen LogP contribution in [-0.2, 0) is 23.1 Å². The van der Waals surface area contributed by atoms with Crippen molar-refractivity contribution in [3.8, 4) is 0 Å². The first kappa shape index (κ1) is 20.1. The van der Waals surface area contributed by atoms with Crippen LogP contribution in [0.5, 0.6) is 0 Å². The molecule has 8 heteroatoms. The summed E-state index contributed by atoms with van der Waals surface area (Å²) in [6.07, 6.45) is 4.31. The Bertz CT molecular complexity index is 959. The van der Waals surface area contributed by atoms with E-state index in [1.54, 1.807) is 11.7 Å². The summed E-state index contributed by atoms with van der Waals surface area (Å²) in [5, 5.41) is 12.3. The van der Waals surface area contributed by atoms with E-state index in [2.05, 4.69) is 10.1 Å². The molecule has 1 saturated heterocycles. The number of aromatic amines is 1. The highest BCUT2D eigenvalue weighted by atomic mass is 16.4. The molecule has 0 saturated carbocycles. The minimum atomic E-state index is -0.823. The van der Waals surface area contributed by atoms with Gasteiger partial charge in [0.1, 0.15) is 0 Å². The van der Waals surface area contributed by atoms with Crippen LogP contribution in [-0.4, -0.2) is 49.2 Å². The number of piperidine rings is 1. The van der Waals surface area contributed by atoms with Gasteiger partial charge in [-0.25, -0.2) is 4.98 Å². The van der Waals surface area contributed by atoms with Gasteiger partial charge in [-0.2, -0.15) is 0 Å². The van der Waals surface area contributed by atoms with Crippen molar-refractivity contribution in [1.29, 1.82) is 0 Å². The number of hydrogen-bond donors (Lipinski definition) is 2. The Balaban J connectivity index is 1.75. The summed E-state index contributed by atoms with van der Waals surface area (Å²) in [6.45, 7) is 4.50. The molecule has 3 heterocycles. The minimum absolute atomic E-state index is 0.0112. The monoisotopic (exact) mass is 388 g/mol. The molecule has 1 atom stereocenters. The lowest BCUT2D eigenvalue weighted by Crippen LogP contribution is -2.44. The van der Waals surface area contributed by atoms with E-state index in [0.717, 1.165) is 36.1 Å². The van der Waals surface area contributed by atoms with Crippen molar-refractivity contribution in [3.63, 3.8) is 0 Å². The topological polar surface area (TPSA) is 108 Å². The highest BCUT2D eigenvalue weighted by Crippen LogP contribution is 2.24. The summed E-state index contributed by atoms with van der Waals surface area (Å²) < 4.78 is 1.62. The summed E-state index contributed by atoms with van der Waals surface area (Å²) >= 11 is 0. The average Bonchev–Trinajstić information content (AvgIpc) is 2.93. The number of fused-ring (bicyclic) bond motifs is 1. The van der Waals surface area contributed by atoms with E-state index in [1.807, 2.05) is 18.7 Å². The Labute approximate surface area is 163 Å². The van der Waals surface area contributed by atoms with Crippen molar-refractivity contribution in [3.05, 3.63) is 27.2 Å². The van der Waals surface area contributed by atoms with Crippen LogP contribution in [0.3, 0.4) is 0 Å². The highest BCUT2D eigenvalue weighted by Gasteiger charge is 2.27. The number of carboxylic acids is 1. The number of aliphatic carboxylic acids is 1. The maximum absolute atomic E-state index is 12.9. The van der Waals surface area contributed by atoms with Crippen molar-refractivity contribution < 1.29 is 14.7 Å². The Morgan fingerprint density at radius 2 is 2.00 bits per heavy atom. The number of aromatic nitrogens is 3. The lowest BCUT2D eigenvalue weighted by atomic mass is 9.96. The Morgan fingerprint density at radius 3 is 2.71 bits per heavy atom. The molecule has 1 aliphatic heterocycles. The summed E-state index contributed by atoms with van der Waals surface area (Å²) in [5.41, 5.74) is 3.10. The van der Waals surface area contributed by atoms with E-state index in [9.17, 15) is 14.4 Å². The second-order valence-corrected chi connectivity index (χ2v) is 7.67. The molecule has 0 bridgehead atoms. The molecule has 0 aromatic carbocycles. The molecule has 1 aliphatic rings. The van der Waals surface area contributed by atoms with Crippen LogP contribution >= 0.6 is 0 Å². The first-order valence-corrected chi connectivity index (χ1v) is 9.85. The second kappa shape index (κ2) is 8.16. The second-order valence-electron chi connectivity index (χ2n) is 7.67. The minimum Gasteiger partial charge on any atom is -0.481 e. The van der Waals surface area contributed by atoms with Gasteiger partial charge in [0.25, 0.3) is 5.56 Å². The Morgan fingerprint density at radius 1 is 1.25 bits per heavy atom. The zero-order valence-corrected chi connectivity index (χ0v) is 16.7. The van der Waals surface area contributed by atoms with Gasteiger partial charge >= 0.3 is 5.97 Å². The average molecular weight is 388 g/mol. The molecular formula is C20H28N4O4. The van der Waals surface area contributed by atoms with Crippen LogP contribution in [0.15, 0.2) is 4.79 Å². The molecule has 3 rings (SSSR count). The largest absolute Gasteiger partial charge is 0.481 e. The number of carbonyl (C=O) groups is 2. The predicted octanol–water partition coefficient (Wildman–Crippen LogP) is 2.06. The van der Waals surface area contributed by atoms with Gasteiger partial charge in [-0.15, -0.1) is 0 Å². The molecule has 152 valence electrons. The molecule has 1 unspecified atom stereocenters. The van der Waals surface area contributed by atoms with Gasteiger partial charge in [0, 0.05) is 38.2 Å². The molecule has 1 fully saturated rings. The first-order chi connectivity index (χ1) is 13.3. The summed E-state index contributed by atoms with van der Waals surface area (Å²) in [7, 11) is 1.76. The SMILES string of the molecule is Cc1nc2c(c(C)c1CCC(=O)N1CCCCC1CCC(=O)O)c(=O)[nH]n2C. The number of carbonyl (C=O) groups excluding carboxylic acids is 1. The third kappa shape index (κ3) is 3.95. The fourth-order valence-electron chi connectivity index (χ4n) is 4.31. The Hall–Kier alpha value is -2.64. The fourth-order valence-corrected chi connectivity index (χ4v) is 4.31. The van der Waals surface area contributed by atoms with Crippen molar-refractivity contribution >= 4 is 22.9 Å². The van der Waals surface area contributed by atoms with Crippen LogP contribution in [0, 0.1) is 13.8 Å². The van der Waals surface area contributed by atoms with E-state index < -0.39 is 5.97 Å². The molecule has 0 spiro atoms. The van der Waals surface area contributed by atoms with E-state index in [1.165, 1.54) is 0 Å². The van der Waals surface area contributed by atoms with Crippen molar-refractivity contribution in [1.82, 2.24) is 19.7 Å². The lowest BCUT2D eigenvalue weighted by Gasteiger charge is -2.36. The predicted molar refractivity (Wildman–Crippen MR) is 105 cm³/mol. The van der Waals surface area contributed by atoms with Crippen molar-refractivity contribution in [2.24, 2.45) is 7.05 Å². The molecule has 28 heavy (non-hydrogen) atoms. The Kier molecular flexibility index (Phi) is 5.86. The smallest absolute Gasteiger partial charge is 0.303 e. The molecule has 0 radical (unpaired) electrons. The third-order valence-corrected chi connectivity index (χ3v) is 5.80. The van der Waals surface area contributed by atoms with Crippen LogP contribution in [0.1, 0.15) is 55.3 Å². The number of H-pyrrole nitrogens is 1. The number of hydrogen-bond acceptors (Lipinski definition) is 4. The van der Waals surface area contributed by atoms with Gasteiger partial charge in [-0.05, 0) is 57.1 Å². The zero-order chi connectivity index (χ0) is 20.4. The van der Waals surface area contributed by atoms with Crippen molar-refractivity contribution in [2.45, 2.75) is 64.8 Å². The van der Waals surface area contributed by atoms with Gasteiger partial charge < -0.3 is 10.0 Å². The first-order valence-electron chi connectivity index (χ1n) is 9.85. The number of aryl methyl sites for hydroxylation is 3. The lowest BCUT2D eigenvalue weighted by molar-refractivity contribution is -0.140. The maximum Gasteiger partial charge on any atom is 0.303 e. The highest BCUT2D eigenvalue weighted by molar-refractivity contribution is 5.81. The van der Waals surface area contributed by atoms with Crippen LogP contribution in [0.25, 0.3) is 11.0 Å². The summed E-state index contributed by atoms with van der Waals surface area (Å²) in [4.78, 5) is 42.4. The van der Waals surface area contributed by atoms with Gasteiger partial charge in [0.15, 0.2) is 5.65 Å². The van der Waals surface area contributed by atoms with Crippen LogP contribution in [0.2, 0.25) is 0 Å². The van der Waals surface area contributed by atoms with Gasteiger partial charge in [-0.3, -0.25) is 24.2 Å². The molecule has 8 nitrogen and oxygen atoms in total. The van der Waals surface area contributed by atoms with E-state index in [-0.39, 0.29) is 23.9 Å². The number of nitrogens with one attached hydrogen (secondary N) is 1. The number of carboxylic acid groups (broad SMARTS) is 1. The van der Waals surface area contributed by atoms with E-state index >= 15 is 0 Å². The van der Waals surface area contributed by atoms with E-state index in [4.69, 9.17) is 5.11 Å². The molecule has 2 N–H and O–H groups in total. The molecule has 2 aromatic heterocycles. The fraction of sp³-hybridized carbons (Fsp3) is 0.600. The summed E-state index contributed by atoms with van der Waals surface area (Å²) in [5.74, 6) is -0.771. The normalized spacial score (nSPS) is 17.2. The van der Waals surface area contributed by atoms with Crippen molar-refractivity contribution in [2.75, 3.05) is 6.54 Å². The maximum atomic E-state index is 12.9. The third-order valence-electron chi connectivity index (χ3n) is 5.80. The number of likely N-dealkylation sites (tertiary alicyclic amines) is 1. The number of amides is 1. The summed E-state index contributed by atoms with van der Waals surface area (Å²) in [6, 6.07) is 0.0112. The standard InChI is InChI=1S/C20H28N4O4/c1-12-15(13(2)21-19-18(12)20(28)22-23(19)3)8-9-16(25)24-11-5-4-6-14(24)7-10-17(26)27/h14H,4-11H2,1-3H3,(H,22,28)(H,26,27). The van der Waals surface area contributed by atoms with Crippen LogP contribution in [0.4, 0.5) is 0 Å². The van der Waals surface area contributed by atoms with E-state index in [0.29, 0.717) is 36.8 Å². The van der Waals surface area contributed by atoms with Gasteiger partial charge in [-0.1, -0.05) is 0 Å². The quantitative estimate of drug-likeness (QED) is 0.787. The van der Waals surface area contributed by atoms with Gasteiger partial charge in [0.05, 0.1) is 5.39 Å². The molecule has 2 aromatic rings. The number of nitrogens with zero attached hydrogens (tertiary/aromatic N) is 3. The molecule has 1 amide bonds. The number of pyridine rings is 1. The molecule has 0 aliphatic carbocycles. The van der Waals surface area contributed by atoms with Crippen LogP contribution < -0.4 is 5.56 Å².